The van der Waals surface area contributed by atoms with Crippen LogP contribution in [-0.4, -0.2) is 8.42 Å². The smallest absolute Gasteiger partial charge is 0.198 e. The molecule has 0 aliphatic rings. The van der Waals surface area contributed by atoms with E-state index in [1.807, 2.05) is 30.3 Å². The second-order valence-electron chi connectivity index (χ2n) is 1.58. The number of nitrogens with two attached hydrogens (primary N) is 1. The summed E-state index contributed by atoms with van der Waals surface area (Å²) >= 11 is 5.54. The molecule has 5 heteroatoms. The van der Waals surface area contributed by atoms with Gasteiger partial charge in [-0.25, -0.2) is 13.6 Å². The zero-order valence-corrected chi connectivity index (χ0v) is 7.26. The molecule has 0 bridgehead atoms. The van der Waals surface area contributed by atoms with Crippen molar-refractivity contribution in [2.24, 2.45) is 5.14 Å². The molecule has 0 amide bonds. The van der Waals surface area contributed by atoms with Crippen molar-refractivity contribution in [2.75, 3.05) is 0 Å². The van der Waals surface area contributed by atoms with Gasteiger partial charge in [0.05, 0.1) is 0 Å². The normalized spacial score (nSPS) is 8.64. The van der Waals surface area contributed by atoms with Crippen LogP contribution in [0, 0.1) is 0 Å². The van der Waals surface area contributed by atoms with Crippen molar-refractivity contribution >= 4 is 22.5 Å². The summed E-state index contributed by atoms with van der Waals surface area (Å²) in [5.41, 5.74) is 0. The average Bonchev–Trinajstić information content (AvgIpc) is 1.87. The molecule has 3 nitrogen and oxygen atoms in total. The Labute approximate surface area is 71.9 Å². The molecule has 0 radical (unpaired) electrons. The van der Waals surface area contributed by atoms with E-state index < -0.39 is 10.9 Å². The van der Waals surface area contributed by atoms with Gasteiger partial charge < -0.3 is 0 Å². The molecule has 0 heterocycles. The van der Waals surface area contributed by atoms with Gasteiger partial charge in [-0.1, -0.05) is 29.8 Å². The van der Waals surface area contributed by atoms with Gasteiger partial charge >= 0.3 is 0 Å². The first kappa shape index (κ1) is 10.4. The van der Waals surface area contributed by atoms with Crippen LogP contribution in [0.5, 0.6) is 0 Å². The molecule has 0 atom stereocenters. The van der Waals surface area contributed by atoms with Crippen molar-refractivity contribution in [1.29, 1.82) is 0 Å². The monoisotopic (exact) mass is 193 g/mol. The Hall–Kier alpha value is -0.580. The molecule has 0 aromatic heterocycles. The number of benzene rings is 1. The quantitative estimate of drug-likeness (QED) is 0.600. The highest BCUT2D eigenvalue weighted by Gasteiger charge is 1.74. The van der Waals surface area contributed by atoms with Crippen molar-refractivity contribution in [1.82, 2.24) is 0 Å². The second-order valence-corrected chi connectivity index (χ2v) is 2.59. The van der Waals surface area contributed by atoms with E-state index in [1.54, 1.807) is 0 Å². The third kappa shape index (κ3) is 9.42. The van der Waals surface area contributed by atoms with Gasteiger partial charge in [-0.05, 0) is 12.1 Å². The fourth-order valence-corrected chi connectivity index (χ4v) is 0.560. The van der Waals surface area contributed by atoms with E-state index in [0.717, 1.165) is 5.02 Å². The first-order valence-corrected chi connectivity index (χ1v) is 4.35. The zero-order valence-electron chi connectivity index (χ0n) is 5.61. The van der Waals surface area contributed by atoms with Gasteiger partial charge in [0.1, 0.15) is 0 Å². The second kappa shape index (κ2) is 6.15. The minimum atomic E-state index is -2.62. The molecular weight excluding hydrogens is 186 g/mol. The topological polar surface area (TPSA) is 60.2 Å². The summed E-state index contributed by atoms with van der Waals surface area (Å²) in [6, 6.07) is 9.44. The van der Waals surface area contributed by atoms with Gasteiger partial charge in [-0.2, -0.15) is 0 Å². The van der Waals surface area contributed by atoms with E-state index in [-0.39, 0.29) is 0 Å². The predicted molar refractivity (Wildman–Crippen MR) is 46.0 cm³/mol. The highest BCUT2D eigenvalue weighted by molar-refractivity contribution is 7.69. The van der Waals surface area contributed by atoms with Crippen LogP contribution in [-0.2, 0) is 10.9 Å². The number of hydrogen-bond acceptors (Lipinski definition) is 2. The Morgan fingerprint density at radius 3 is 1.73 bits per heavy atom. The molecule has 1 aromatic rings. The molecule has 11 heavy (non-hydrogen) atoms. The number of rotatable bonds is 0. The molecule has 1 aromatic carbocycles. The molecule has 0 fully saturated rings. The van der Waals surface area contributed by atoms with Gasteiger partial charge in [0.15, 0.2) is 10.9 Å². The van der Waals surface area contributed by atoms with E-state index in [4.69, 9.17) is 20.0 Å². The van der Waals surface area contributed by atoms with Crippen LogP contribution in [0.4, 0.5) is 0 Å². The van der Waals surface area contributed by atoms with Crippen molar-refractivity contribution < 1.29 is 8.42 Å². The fourth-order valence-electron chi connectivity index (χ4n) is 0.415. The van der Waals surface area contributed by atoms with Crippen molar-refractivity contribution in [3.05, 3.63) is 35.4 Å². The third-order valence-electron chi connectivity index (χ3n) is 0.733. The van der Waals surface area contributed by atoms with E-state index in [9.17, 15) is 0 Å². The predicted octanol–water partition coefficient (Wildman–Crippen LogP) is 0.811. The van der Waals surface area contributed by atoms with Crippen LogP contribution < -0.4 is 5.14 Å². The van der Waals surface area contributed by atoms with E-state index in [2.05, 4.69) is 5.14 Å². The fraction of sp³-hybridized carbons (Fsp3) is 0. The maximum absolute atomic E-state index is 8.81. The molecule has 0 saturated heterocycles. The summed E-state index contributed by atoms with van der Waals surface area (Å²) in [6.07, 6.45) is 0. The summed E-state index contributed by atoms with van der Waals surface area (Å²) < 4.78 is 17.6. The lowest BCUT2D eigenvalue weighted by atomic mass is 10.4. The maximum Gasteiger partial charge on any atom is 0.198 e. The van der Waals surface area contributed by atoms with Crippen LogP contribution >= 0.6 is 11.6 Å². The summed E-state index contributed by atoms with van der Waals surface area (Å²) in [4.78, 5) is 0. The number of halogens is 1. The SMILES string of the molecule is Clc1ccccc1.N[SH](=O)=O. The summed E-state index contributed by atoms with van der Waals surface area (Å²) in [5, 5.41) is 4.86. The van der Waals surface area contributed by atoms with Gasteiger partial charge in [0.2, 0.25) is 0 Å². The zero-order chi connectivity index (χ0) is 8.69. The summed E-state index contributed by atoms with van der Waals surface area (Å²) in [7, 11) is -2.62. The largest absolute Gasteiger partial charge is 0.231 e. The van der Waals surface area contributed by atoms with Crippen LogP contribution in [0.25, 0.3) is 0 Å². The summed E-state index contributed by atoms with van der Waals surface area (Å²) in [5.74, 6) is 0. The third-order valence-corrected chi connectivity index (χ3v) is 0.985. The first-order chi connectivity index (χ1) is 5.13. The molecule has 2 N–H and O–H groups in total. The van der Waals surface area contributed by atoms with E-state index in [1.165, 1.54) is 0 Å². The van der Waals surface area contributed by atoms with E-state index >= 15 is 0 Å². The van der Waals surface area contributed by atoms with Crippen LogP contribution in [0.1, 0.15) is 0 Å². The standard InChI is InChI=1S/C6H5Cl.H3NO2S/c7-6-4-2-1-3-5-6;1-4(2)3/h1-5H;4H,(H2,1,2,3). The Bertz CT molecular complexity index is 253. The molecule has 0 saturated carbocycles. The lowest BCUT2D eigenvalue weighted by Gasteiger charge is -1.80. The lowest BCUT2D eigenvalue weighted by Crippen LogP contribution is -1.85. The number of hydrogen-bond donors (Lipinski definition) is 2. The highest BCUT2D eigenvalue weighted by atomic mass is 35.5. The minimum absolute atomic E-state index is 0.794. The van der Waals surface area contributed by atoms with Gasteiger partial charge in [-0.15, -0.1) is 0 Å². The van der Waals surface area contributed by atoms with Gasteiger partial charge in [0.25, 0.3) is 0 Å². The molecule has 1 rings (SSSR count). The minimum Gasteiger partial charge on any atom is -0.231 e. The maximum atomic E-state index is 8.81. The molecule has 62 valence electrons. The first-order valence-electron chi connectivity index (χ1n) is 2.72. The van der Waals surface area contributed by atoms with Crippen molar-refractivity contribution in [3.63, 3.8) is 0 Å². The Morgan fingerprint density at radius 1 is 1.18 bits per heavy atom. The van der Waals surface area contributed by atoms with E-state index in [0.29, 0.717) is 0 Å². The highest BCUT2D eigenvalue weighted by Crippen LogP contribution is 2.03. The average molecular weight is 194 g/mol. The summed E-state index contributed by atoms with van der Waals surface area (Å²) in [6.45, 7) is 0. The molecule has 0 unspecified atom stereocenters. The Kier molecular flexibility index (Phi) is 5.83. The molecular formula is C6H8ClNO2S. The van der Waals surface area contributed by atoms with Gasteiger partial charge in [0, 0.05) is 5.02 Å². The Balaban J connectivity index is 0.000000218. The molecule has 0 spiro atoms. The molecule has 0 aliphatic heterocycles. The lowest BCUT2D eigenvalue weighted by molar-refractivity contribution is 0.616. The van der Waals surface area contributed by atoms with Crippen LogP contribution in [0.15, 0.2) is 30.3 Å². The van der Waals surface area contributed by atoms with Crippen molar-refractivity contribution in [3.8, 4) is 0 Å². The molecule has 0 aliphatic carbocycles. The number of thiol groups is 1. The van der Waals surface area contributed by atoms with Crippen LogP contribution in [0.2, 0.25) is 5.02 Å². The Morgan fingerprint density at radius 2 is 1.55 bits per heavy atom. The van der Waals surface area contributed by atoms with Gasteiger partial charge in [-0.3, -0.25) is 0 Å². The van der Waals surface area contributed by atoms with Crippen molar-refractivity contribution in [2.45, 2.75) is 0 Å². The van der Waals surface area contributed by atoms with Crippen LogP contribution in [0.3, 0.4) is 0 Å².